The molecule has 2 amide bonds. The van der Waals surface area contributed by atoms with Crippen molar-refractivity contribution in [3.63, 3.8) is 0 Å². The predicted molar refractivity (Wildman–Crippen MR) is 148 cm³/mol. The van der Waals surface area contributed by atoms with Crippen LogP contribution in [0.2, 0.25) is 0 Å². The van der Waals surface area contributed by atoms with Crippen LogP contribution in [0.5, 0.6) is 11.5 Å². The summed E-state index contributed by atoms with van der Waals surface area (Å²) in [6, 6.07) is 8.01. The number of urea groups is 1. The van der Waals surface area contributed by atoms with E-state index in [1.165, 1.54) is 23.5 Å². The molecule has 2 aromatic heterocycles. The van der Waals surface area contributed by atoms with Gasteiger partial charge in [-0.15, -0.1) is 16.9 Å². The summed E-state index contributed by atoms with van der Waals surface area (Å²) >= 11 is 1.52. The Morgan fingerprint density at radius 2 is 2.08 bits per heavy atom. The fourth-order valence-electron chi connectivity index (χ4n) is 4.38. The minimum absolute atomic E-state index is 0. The molecule has 10 nitrogen and oxygen atoms in total. The number of thiophene rings is 1. The molecule has 6 rings (SSSR count). The average Bonchev–Trinajstić information content (AvgIpc) is 3.41. The maximum atomic E-state index is 14.8. The fourth-order valence-corrected chi connectivity index (χ4v) is 5.41. The smallest absolute Gasteiger partial charge is 0.319 e. The minimum atomic E-state index is -0.562. The number of aromatic nitrogens is 1. The van der Waals surface area contributed by atoms with Gasteiger partial charge in [0.15, 0.2) is 11.6 Å². The first-order valence-electron chi connectivity index (χ1n) is 12.8. The number of benzene rings is 1. The van der Waals surface area contributed by atoms with E-state index in [4.69, 9.17) is 9.47 Å². The number of carbonyl (C=O) groups is 1. The van der Waals surface area contributed by atoms with Gasteiger partial charge in [0.05, 0.1) is 34.0 Å². The highest BCUT2D eigenvalue weighted by Crippen LogP contribution is 2.38. The van der Waals surface area contributed by atoms with Crippen molar-refractivity contribution >= 4 is 39.0 Å². The summed E-state index contributed by atoms with van der Waals surface area (Å²) in [4.78, 5) is 19.8. The molecule has 2 aliphatic heterocycles. The van der Waals surface area contributed by atoms with Gasteiger partial charge in [0.25, 0.3) is 0 Å². The maximum absolute atomic E-state index is 14.8. The zero-order valence-corrected chi connectivity index (χ0v) is 21.7. The number of amides is 2. The molecule has 0 spiro atoms. The van der Waals surface area contributed by atoms with Crippen LogP contribution < -0.4 is 26.3 Å². The number of nitrogens with one attached hydrogen (secondary N) is 4. The third-order valence-electron chi connectivity index (χ3n) is 6.56. The number of fused-ring (bicyclic) bond motifs is 1. The lowest BCUT2D eigenvalue weighted by Gasteiger charge is -2.27. The second kappa shape index (κ2) is 11.1. The SMILES string of the molecule is O=C(Nc1ccc(Oc2ccnc3cc(C4=CN(CCCN5CCOCC5)NN4)sc23)c(F)c1)NC1CC1.[HH].[HH]. The van der Waals surface area contributed by atoms with Gasteiger partial charge in [0, 0.05) is 65.3 Å². The first-order chi connectivity index (χ1) is 18.6. The molecule has 0 atom stereocenters. The number of halogens is 1. The van der Waals surface area contributed by atoms with E-state index in [0.29, 0.717) is 11.4 Å². The lowest BCUT2D eigenvalue weighted by atomic mass is 10.3. The molecule has 4 N–H and O–H groups in total. The molecule has 3 aromatic rings. The van der Waals surface area contributed by atoms with Crippen molar-refractivity contribution in [1.29, 1.82) is 0 Å². The van der Waals surface area contributed by atoms with E-state index in [1.807, 2.05) is 11.1 Å². The Morgan fingerprint density at radius 1 is 1.21 bits per heavy atom. The number of ether oxygens (including phenoxy) is 2. The topological polar surface area (TPSA) is 103 Å². The summed E-state index contributed by atoms with van der Waals surface area (Å²) in [7, 11) is 0. The Balaban J connectivity index is 0.00000185. The summed E-state index contributed by atoms with van der Waals surface area (Å²) in [5, 5.41) is 7.52. The number of morpholine rings is 1. The second-order valence-corrected chi connectivity index (χ2v) is 10.6. The van der Waals surface area contributed by atoms with Gasteiger partial charge in [-0.1, -0.05) is 0 Å². The Bertz CT molecular complexity index is 1350. The predicted octanol–water partition coefficient (Wildman–Crippen LogP) is 4.35. The van der Waals surface area contributed by atoms with Crippen molar-refractivity contribution in [2.24, 2.45) is 0 Å². The fraction of sp³-hybridized carbons (Fsp3) is 0.385. The lowest BCUT2D eigenvalue weighted by Crippen LogP contribution is -2.40. The van der Waals surface area contributed by atoms with Gasteiger partial charge in [-0.2, -0.15) is 0 Å². The maximum Gasteiger partial charge on any atom is 0.319 e. The van der Waals surface area contributed by atoms with E-state index in [2.05, 4.69) is 37.7 Å². The standard InChI is InChI=1S/C26H30FN7O3S.2H2/c27-19-14-18(30-26(35)29-17-2-3-17)4-5-22(19)37-23-6-7-28-20-15-24(38-25(20)23)21-16-34(32-31-21)9-1-8-33-10-12-36-13-11-33;;/h4-7,14-17,31-32H,1-3,8-13H2,(H2,29,30,35);2*1H. The molecule has 2 fully saturated rings. The largest absolute Gasteiger partial charge is 0.453 e. The van der Waals surface area contributed by atoms with Crippen molar-refractivity contribution in [2.75, 3.05) is 44.7 Å². The Labute approximate surface area is 226 Å². The zero-order chi connectivity index (χ0) is 25.9. The second-order valence-electron chi connectivity index (χ2n) is 9.53. The van der Waals surface area contributed by atoms with Gasteiger partial charge in [-0.3, -0.25) is 14.9 Å². The van der Waals surface area contributed by atoms with E-state index in [-0.39, 0.29) is 20.7 Å². The summed E-state index contributed by atoms with van der Waals surface area (Å²) < 4.78 is 27.0. The van der Waals surface area contributed by atoms with Crippen molar-refractivity contribution in [3.8, 4) is 11.5 Å². The zero-order valence-electron chi connectivity index (χ0n) is 20.8. The van der Waals surface area contributed by atoms with Crippen LogP contribution in [0, 0.1) is 5.82 Å². The summed E-state index contributed by atoms with van der Waals surface area (Å²) in [6.45, 7) is 5.53. The van der Waals surface area contributed by atoms with Crippen molar-refractivity contribution in [2.45, 2.75) is 25.3 Å². The Kier molecular flexibility index (Phi) is 7.27. The average molecular weight is 544 g/mol. The van der Waals surface area contributed by atoms with E-state index in [0.717, 1.165) is 79.4 Å². The minimum Gasteiger partial charge on any atom is -0.453 e. The van der Waals surface area contributed by atoms with E-state index in [1.54, 1.807) is 18.3 Å². The third-order valence-corrected chi connectivity index (χ3v) is 7.73. The highest BCUT2D eigenvalue weighted by Gasteiger charge is 2.23. The number of anilines is 1. The summed E-state index contributed by atoms with van der Waals surface area (Å²) in [5.41, 5.74) is 8.51. The molecule has 1 saturated carbocycles. The molecule has 204 valence electrons. The van der Waals surface area contributed by atoms with Crippen LogP contribution in [0.15, 0.2) is 42.7 Å². The highest BCUT2D eigenvalue weighted by atomic mass is 32.1. The molecule has 38 heavy (non-hydrogen) atoms. The van der Waals surface area contributed by atoms with Gasteiger partial charge in [0.2, 0.25) is 0 Å². The van der Waals surface area contributed by atoms with Gasteiger partial charge in [-0.05, 0) is 37.5 Å². The van der Waals surface area contributed by atoms with E-state index >= 15 is 0 Å². The molecular weight excluding hydrogens is 509 g/mol. The molecule has 4 heterocycles. The van der Waals surface area contributed by atoms with Gasteiger partial charge in [0.1, 0.15) is 5.75 Å². The molecule has 1 saturated heterocycles. The number of rotatable bonds is 9. The summed E-state index contributed by atoms with van der Waals surface area (Å²) in [5.74, 6) is 0.0335. The van der Waals surface area contributed by atoms with Gasteiger partial charge in [-0.25, -0.2) is 9.18 Å². The molecule has 0 unspecified atom stereocenters. The van der Waals surface area contributed by atoms with E-state index < -0.39 is 5.82 Å². The van der Waals surface area contributed by atoms with Gasteiger partial charge < -0.3 is 25.5 Å². The van der Waals surface area contributed by atoms with Crippen LogP contribution in [0.1, 0.15) is 27.0 Å². The van der Waals surface area contributed by atoms with Crippen molar-refractivity contribution in [1.82, 2.24) is 31.2 Å². The van der Waals surface area contributed by atoms with Crippen LogP contribution in [0.25, 0.3) is 15.9 Å². The Hall–Kier alpha value is -3.45. The number of hydrazine groups is 2. The molecule has 3 aliphatic rings. The number of pyridine rings is 1. The molecule has 0 radical (unpaired) electrons. The molecule has 1 aliphatic carbocycles. The van der Waals surface area contributed by atoms with Crippen molar-refractivity contribution in [3.05, 3.63) is 53.4 Å². The van der Waals surface area contributed by atoms with Crippen molar-refractivity contribution < 1.29 is 21.5 Å². The van der Waals surface area contributed by atoms with Gasteiger partial charge >= 0.3 is 6.03 Å². The normalized spacial score (nSPS) is 17.8. The molecular formula is C26H34FN7O3S. The van der Waals surface area contributed by atoms with Crippen LogP contribution in [-0.2, 0) is 4.74 Å². The quantitative estimate of drug-likeness (QED) is 0.316. The Morgan fingerprint density at radius 3 is 2.89 bits per heavy atom. The summed E-state index contributed by atoms with van der Waals surface area (Å²) in [6.07, 6.45) is 6.70. The lowest BCUT2D eigenvalue weighted by molar-refractivity contribution is 0.0361. The van der Waals surface area contributed by atoms with E-state index in [9.17, 15) is 9.18 Å². The monoisotopic (exact) mass is 543 g/mol. The van der Waals surface area contributed by atoms with Crippen LogP contribution >= 0.6 is 11.3 Å². The van der Waals surface area contributed by atoms with Crippen LogP contribution in [-0.4, -0.2) is 66.4 Å². The highest BCUT2D eigenvalue weighted by molar-refractivity contribution is 7.20. The third kappa shape index (κ3) is 5.99. The number of hydrogen-bond donors (Lipinski definition) is 4. The first kappa shape index (κ1) is 24.9. The van der Waals surface area contributed by atoms with Crippen LogP contribution in [0.3, 0.4) is 0 Å². The van der Waals surface area contributed by atoms with Crippen LogP contribution in [0.4, 0.5) is 14.9 Å². The number of nitrogens with zero attached hydrogens (tertiary/aromatic N) is 3. The number of carbonyl (C=O) groups excluding carboxylic acids is 1. The first-order valence-corrected chi connectivity index (χ1v) is 13.7. The molecule has 12 heteroatoms. The molecule has 0 bridgehead atoms. The number of hydrogen-bond acceptors (Lipinski definition) is 9. The molecule has 1 aromatic carbocycles.